The number of nitrogens with zero attached hydrogens (tertiary/aromatic N) is 2. The van der Waals surface area contributed by atoms with Crippen molar-refractivity contribution in [3.05, 3.63) is 66.7 Å². The van der Waals surface area contributed by atoms with Gasteiger partial charge in [0.2, 0.25) is 0 Å². The standard InChI is InChI=1S/C20H22N4O/c1-15(2)21-14-20(25)22-19-13-18(16-9-5-3-6-10-16)23-24(19)17-11-7-4-8-12-17/h3-13,15,21H,14H2,1-2H3,(H,22,25)/p+1. The summed E-state index contributed by atoms with van der Waals surface area (Å²) in [5.74, 6) is 0.637. The second-order valence-electron chi connectivity index (χ2n) is 6.26. The molecule has 0 unspecified atom stereocenters. The van der Waals surface area contributed by atoms with Crippen LogP contribution in [0.25, 0.3) is 16.9 Å². The van der Waals surface area contributed by atoms with Gasteiger partial charge in [0.15, 0.2) is 6.54 Å². The van der Waals surface area contributed by atoms with Gasteiger partial charge >= 0.3 is 0 Å². The number of aromatic nitrogens is 2. The van der Waals surface area contributed by atoms with Crippen molar-refractivity contribution in [1.29, 1.82) is 0 Å². The maximum absolute atomic E-state index is 12.3. The number of amides is 1. The molecule has 1 aromatic heterocycles. The first-order chi connectivity index (χ1) is 12.1. The predicted octanol–water partition coefficient (Wildman–Crippen LogP) is 2.45. The van der Waals surface area contributed by atoms with E-state index in [1.807, 2.05) is 72.0 Å². The van der Waals surface area contributed by atoms with Crippen molar-refractivity contribution in [2.45, 2.75) is 19.9 Å². The molecule has 1 amide bonds. The Hall–Kier alpha value is -2.92. The Bertz CT molecular complexity index is 825. The Morgan fingerprint density at radius 3 is 2.36 bits per heavy atom. The summed E-state index contributed by atoms with van der Waals surface area (Å²) in [4.78, 5) is 12.3. The van der Waals surface area contributed by atoms with Gasteiger partial charge in [0.05, 0.1) is 17.4 Å². The number of nitrogens with two attached hydrogens (primary N) is 1. The smallest absolute Gasteiger partial charge is 0.280 e. The van der Waals surface area contributed by atoms with Crippen LogP contribution in [0.4, 0.5) is 5.82 Å². The van der Waals surface area contributed by atoms with E-state index >= 15 is 0 Å². The van der Waals surface area contributed by atoms with Crippen molar-refractivity contribution in [2.75, 3.05) is 11.9 Å². The van der Waals surface area contributed by atoms with Crippen molar-refractivity contribution in [2.24, 2.45) is 0 Å². The number of quaternary nitrogens is 1. The van der Waals surface area contributed by atoms with Gasteiger partial charge < -0.3 is 10.6 Å². The molecule has 3 aromatic rings. The highest BCUT2D eigenvalue weighted by Crippen LogP contribution is 2.24. The summed E-state index contributed by atoms with van der Waals surface area (Å²) >= 11 is 0. The highest BCUT2D eigenvalue weighted by atomic mass is 16.2. The predicted molar refractivity (Wildman–Crippen MR) is 99.6 cm³/mol. The first-order valence-electron chi connectivity index (χ1n) is 8.47. The van der Waals surface area contributed by atoms with Gasteiger partial charge in [-0.3, -0.25) is 4.79 Å². The molecule has 3 rings (SSSR count). The molecule has 3 N–H and O–H groups in total. The lowest BCUT2D eigenvalue weighted by atomic mass is 10.2. The largest absolute Gasteiger partial charge is 0.336 e. The average Bonchev–Trinajstić information content (AvgIpc) is 3.05. The molecule has 5 heteroatoms. The molecule has 0 saturated carbocycles. The molecule has 0 bridgehead atoms. The Morgan fingerprint density at radius 2 is 1.72 bits per heavy atom. The summed E-state index contributed by atoms with van der Waals surface area (Å²) in [7, 11) is 0. The molecule has 0 saturated heterocycles. The molecule has 1 heterocycles. The molecule has 2 aromatic carbocycles. The summed E-state index contributed by atoms with van der Waals surface area (Å²) in [6.45, 7) is 4.52. The summed E-state index contributed by atoms with van der Waals surface area (Å²) in [5.41, 5.74) is 2.75. The van der Waals surface area contributed by atoms with E-state index in [9.17, 15) is 4.79 Å². The number of anilines is 1. The number of hydrogen-bond donors (Lipinski definition) is 2. The van der Waals surface area contributed by atoms with Crippen molar-refractivity contribution >= 4 is 11.7 Å². The third-order valence-electron chi connectivity index (χ3n) is 3.82. The Morgan fingerprint density at radius 1 is 1.08 bits per heavy atom. The zero-order valence-electron chi connectivity index (χ0n) is 14.5. The molecule has 25 heavy (non-hydrogen) atoms. The molecule has 128 valence electrons. The molecule has 5 nitrogen and oxygen atoms in total. The van der Waals surface area contributed by atoms with Gasteiger partial charge in [0.25, 0.3) is 5.91 Å². The van der Waals surface area contributed by atoms with Crippen LogP contribution in [-0.4, -0.2) is 28.3 Å². The molecule has 0 spiro atoms. The van der Waals surface area contributed by atoms with Crippen molar-refractivity contribution < 1.29 is 10.1 Å². The van der Waals surface area contributed by atoms with Crippen LogP contribution in [0, 0.1) is 0 Å². The molecule has 0 aliphatic rings. The topological polar surface area (TPSA) is 63.5 Å². The van der Waals surface area contributed by atoms with E-state index in [1.54, 1.807) is 4.68 Å². The SMILES string of the molecule is CC(C)[NH2+]CC(=O)Nc1cc(-c2ccccc2)nn1-c1ccccc1. The minimum Gasteiger partial charge on any atom is -0.336 e. The van der Waals surface area contributed by atoms with Crippen LogP contribution >= 0.6 is 0 Å². The fourth-order valence-corrected chi connectivity index (χ4v) is 2.52. The molecular weight excluding hydrogens is 312 g/mol. The number of carbonyl (C=O) groups is 1. The van der Waals surface area contributed by atoms with Crippen LogP contribution < -0.4 is 10.6 Å². The van der Waals surface area contributed by atoms with Gasteiger partial charge in [0, 0.05) is 11.6 Å². The van der Waals surface area contributed by atoms with Crippen LogP contribution in [0.3, 0.4) is 0 Å². The van der Waals surface area contributed by atoms with Crippen molar-refractivity contribution in [3.63, 3.8) is 0 Å². The number of hydrogen-bond acceptors (Lipinski definition) is 2. The zero-order valence-corrected chi connectivity index (χ0v) is 14.5. The number of rotatable bonds is 6. The first-order valence-corrected chi connectivity index (χ1v) is 8.47. The monoisotopic (exact) mass is 335 g/mol. The molecule has 0 radical (unpaired) electrons. The van der Waals surface area contributed by atoms with Gasteiger partial charge in [-0.25, -0.2) is 4.68 Å². The maximum Gasteiger partial charge on any atom is 0.280 e. The maximum atomic E-state index is 12.3. The third kappa shape index (κ3) is 4.33. The Labute approximate surface area is 147 Å². The number of benzene rings is 2. The van der Waals surface area contributed by atoms with Crippen molar-refractivity contribution in [3.8, 4) is 16.9 Å². The van der Waals surface area contributed by atoms with Gasteiger partial charge in [-0.1, -0.05) is 48.5 Å². The van der Waals surface area contributed by atoms with Gasteiger partial charge in [-0.05, 0) is 26.0 Å². The highest BCUT2D eigenvalue weighted by molar-refractivity contribution is 5.91. The average molecular weight is 335 g/mol. The second kappa shape index (κ2) is 7.77. The van der Waals surface area contributed by atoms with Crippen LogP contribution in [0.15, 0.2) is 66.7 Å². The number of nitrogens with one attached hydrogen (secondary N) is 1. The summed E-state index contributed by atoms with van der Waals surface area (Å²) < 4.78 is 1.77. The van der Waals surface area contributed by atoms with Crippen LogP contribution in [0.5, 0.6) is 0 Å². The van der Waals surface area contributed by atoms with E-state index < -0.39 is 0 Å². The molecule has 0 aliphatic carbocycles. The van der Waals surface area contributed by atoms with Crippen LogP contribution in [0.2, 0.25) is 0 Å². The highest BCUT2D eigenvalue weighted by Gasteiger charge is 2.14. The molecule has 0 fully saturated rings. The third-order valence-corrected chi connectivity index (χ3v) is 3.82. The molecule has 0 atom stereocenters. The lowest BCUT2D eigenvalue weighted by Crippen LogP contribution is -2.90. The minimum absolute atomic E-state index is 0.0367. The number of para-hydroxylation sites is 1. The first kappa shape index (κ1) is 16.9. The lowest BCUT2D eigenvalue weighted by Gasteiger charge is -2.09. The molecular formula is C20H23N4O+. The van der Waals surface area contributed by atoms with E-state index in [1.165, 1.54) is 0 Å². The van der Waals surface area contributed by atoms with Gasteiger partial charge in [0.1, 0.15) is 5.82 Å². The normalized spacial score (nSPS) is 10.8. The van der Waals surface area contributed by atoms with E-state index in [-0.39, 0.29) is 5.91 Å². The Balaban J connectivity index is 1.92. The Kier molecular flexibility index (Phi) is 5.26. The zero-order chi connectivity index (χ0) is 17.6. The summed E-state index contributed by atoms with van der Waals surface area (Å²) in [5, 5.41) is 9.67. The van der Waals surface area contributed by atoms with Crippen LogP contribution in [0.1, 0.15) is 13.8 Å². The molecule has 0 aliphatic heterocycles. The summed E-state index contributed by atoms with van der Waals surface area (Å²) in [6.07, 6.45) is 0. The minimum atomic E-state index is -0.0367. The van der Waals surface area contributed by atoms with Crippen molar-refractivity contribution in [1.82, 2.24) is 9.78 Å². The second-order valence-corrected chi connectivity index (χ2v) is 6.26. The fourth-order valence-electron chi connectivity index (χ4n) is 2.52. The van der Waals surface area contributed by atoms with E-state index in [2.05, 4.69) is 19.2 Å². The van der Waals surface area contributed by atoms with Gasteiger partial charge in [-0.15, -0.1) is 0 Å². The van der Waals surface area contributed by atoms with E-state index in [0.717, 1.165) is 16.9 Å². The number of carbonyl (C=O) groups excluding carboxylic acids is 1. The lowest BCUT2D eigenvalue weighted by molar-refractivity contribution is -0.672. The van der Waals surface area contributed by atoms with E-state index in [0.29, 0.717) is 18.4 Å². The fraction of sp³-hybridized carbons (Fsp3) is 0.200. The van der Waals surface area contributed by atoms with Gasteiger partial charge in [-0.2, -0.15) is 5.10 Å². The summed E-state index contributed by atoms with van der Waals surface area (Å²) in [6, 6.07) is 22.1. The quantitative estimate of drug-likeness (QED) is 0.727. The van der Waals surface area contributed by atoms with Crippen LogP contribution in [-0.2, 0) is 4.79 Å². The van der Waals surface area contributed by atoms with E-state index in [4.69, 9.17) is 5.10 Å².